The van der Waals surface area contributed by atoms with Crippen molar-refractivity contribution < 1.29 is 4.79 Å². The van der Waals surface area contributed by atoms with Crippen molar-refractivity contribution in [1.29, 1.82) is 0 Å². The molecule has 27 heavy (non-hydrogen) atoms. The zero-order valence-corrected chi connectivity index (χ0v) is 16.7. The van der Waals surface area contributed by atoms with Crippen LogP contribution in [0.4, 0.5) is 0 Å². The van der Waals surface area contributed by atoms with Crippen molar-refractivity contribution in [3.63, 3.8) is 0 Å². The molecule has 0 saturated heterocycles. The van der Waals surface area contributed by atoms with Gasteiger partial charge in [-0.2, -0.15) is 0 Å². The molecule has 140 valence electrons. The van der Waals surface area contributed by atoms with E-state index in [0.29, 0.717) is 5.75 Å². The van der Waals surface area contributed by atoms with Gasteiger partial charge in [-0.3, -0.25) is 9.36 Å². The van der Waals surface area contributed by atoms with Gasteiger partial charge in [-0.1, -0.05) is 67.2 Å². The Bertz CT molecular complexity index is 894. The van der Waals surface area contributed by atoms with Gasteiger partial charge in [0.2, 0.25) is 5.91 Å². The summed E-state index contributed by atoms with van der Waals surface area (Å²) in [6, 6.07) is 18.3. The minimum absolute atomic E-state index is 0.0259. The number of hydrogen-bond acceptors (Lipinski definition) is 4. The molecule has 0 aliphatic carbocycles. The predicted molar refractivity (Wildman–Crippen MR) is 109 cm³/mol. The molecule has 1 aromatic heterocycles. The van der Waals surface area contributed by atoms with E-state index in [1.807, 2.05) is 61.0 Å². The van der Waals surface area contributed by atoms with Gasteiger partial charge in [0.25, 0.3) is 0 Å². The van der Waals surface area contributed by atoms with E-state index < -0.39 is 0 Å². The number of hydrogen-bond donors (Lipinski definition) is 0. The SMILES string of the molecule is CCc1ccccc1-n1cnnc1SCC(=O)N(C)C(C)c1ccccc1. The minimum Gasteiger partial charge on any atom is -0.338 e. The first-order valence-corrected chi connectivity index (χ1v) is 10.0. The Balaban J connectivity index is 1.69. The van der Waals surface area contributed by atoms with Gasteiger partial charge in [-0.25, -0.2) is 0 Å². The molecule has 1 heterocycles. The van der Waals surface area contributed by atoms with Crippen molar-refractivity contribution in [3.05, 3.63) is 72.1 Å². The maximum Gasteiger partial charge on any atom is 0.233 e. The van der Waals surface area contributed by atoms with E-state index in [1.54, 1.807) is 11.2 Å². The van der Waals surface area contributed by atoms with E-state index in [1.165, 1.54) is 17.3 Å². The van der Waals surface area contributed by atoms with Crippen LogP contribution < -0.4 is 0 Å². The molecule has 0 spiro atoms. The molecule has 3 rings (SSSR count). The summed E-state index contributed by atoms with van der Waals surface area (Å²) in [5, 5.41) is 8.98. The number of carbonyl (C=O) groups excluding carboxylic acids is 1. The molecule has 3 aromatic rings. The molecule has 0 N–H and O–H groups in total. The zero-order valence-electron chi connectivity index (χ0n) is 15.9. The molecule has 0 bridgehead atoms. The summed E-state index contributed by atoms with van der Waals surface area (Å²) < 4.78 is 1.96. The van der Waals surface area contributed by atoms with Crippen LogP contribution in [0, 0.1) is 0 Å². The number of aromatic nitrogens is 3. The van der Waals surface area contributed by atoms with Crippen molar-refractivity contribution >= 4 is 17.7 Å². The Morgan fingerprint density at radius 1 is 1.15 bits per heavy atom. The summed E-state index contributed by atoms with van der Waals surface area (Å²) in [5.41, 5.74) is 3.41. The van der Waals surface area contributed by atoms with Gasteiger partial charge in [-0.15, -0.1) is 10.2 Å². The second-order valence-electron chi connectivity index (χ2n) is 6.35. The van der Waals surface area contributed by atoms with Gasteiger partial charge in [0.05, 0.1) is 17.5 Å². The molecule has 1 atom stereocenters. The third-order valence-electron chi connectivity index (χ3n) is 4.73. The standard InChI is InChI=1S/C21H24N4OS/c1-4-17-10-8-9-13-19(17)25-15-22-23-21(25)27-14-20(26)24(3)16(2)18-11-6-5-7-12-18/h5-13,15-16H,4,14H2,1-3H3. The highest BCUT2D eigenvalue weighted by Crippen LogP contribution is 2.24. The Morgan fingerprint density at radius 2 is 1.85 bits per heavy atom. The van der Waals surface area contributed by atoms with Crippen molar-refractivity contribution in [2.24, 2.45) is 0 Å². The highest BCUT2D eigenvalue weighted by atomic mass is 32.2. The minimum atomic E-state index is 0.0259. The average Bonchev–Trinajstić information content (AvgIpc) is 3.19. The van der Waals surface area contributed by atoms with Gasteiger partial charge < -0.3 is 4.90 Å². The summed E-state index contributed by atoms with van der Waals surface area (Å²) in [5.74, 6) is 0.385. The molecule has 6 heteroatoms. The van der Waals surface area contributed by atoms with E-state index in [2.05, 4.69) is 29.3 Å². The molecule has 2 aromatic carbocycles. The summed E-state index contributed by atoms with van der Waals surface area (Å²) in [6.45, 7) is 4.16. The normalized spacial score (nSPS) is 12.0. The molecular weight excluding hydrogens is 356 g/mol. The molecule has 0 fully saturated rings. The number of carbonyl (C=O) groups is 1. The van der Waals surface area contributed by atoms with Crippen LogP contribution in [-0.4, -0.2) is 38.4 Å². The summed E-state index contributed by atoms with van der Waals surface area (Å²) in [7, 11) is 1.84. The number of amides is 1. The fraction of sp³-hybridized carbons (Fsp3) is 0.286. The molecule has 0 saturated carbocycles. The van der Waals surface area contributed by atoms with Crippen molar-refractivity contribution in [2.75, 3.05) is 12.8 Å². The number of para-hydroxylation sites is 1. The Morgan fingerprint density at radius 3 is 2.59 bits per heavy atom. The van der Waals surface area contributed by atoms with Crippen LogP contribution in [0.15, 0.2) is 66.1 Å². The fourth-order valence-corrected chi connectivity index (χ4v) is 3.78. The smallest absolute Gasteiger partial charge is 0.233 e. The van der Waals surface area contributed by atoms with E-state index in [0.717, 1.165) is 22.8 Å². The third-order valence-corrected chi connectivity index (χ3v) is 5.66. The van der Waals surface area contributed by atoms with Crippen LogP contribution in [0.1, 0.15) is 31.0 Å². The van der Waals surface area contributed by atoms with Crippen molar-refractivity contribution in [3.8, 4) is 5.69 Å². The van der Waals surface area contributed by atoms with Crippen LogP contribution in [0.3, 0.4) is 0 Å². The molecule has 1 amide bonds. The van der Waals surface area contributed by atoms with Gasteiger partial charge in [0, 0.05) is 7.05 Å². The van der Waals surface area contributed by atoms with Crippen LogP contribution in [0.2, 0.25) is 0 Å². The maximum atomic E-state index is 12.7. The molecule has 0 aliphatic heterocycles. The third kappa shape index (κ3) is 4.39. The number of thioether (sulfide) groups is 1. The first-order valence-electron chi connectivity index (χ1n) is 9.03. The molecule has 0 radical (unpaired) electrons. The topological polar surface area (TPSA) is 51.0 Å². The zero-order chi connectivity index (χ0) is 19.2. The highest BCUT2D eigenvalue weighted by Gasteiger charge is 2.19. The van der Waals surface area contributed by atoms with Gasteiger partial charge in [-0.05, 0) is 30.5 Å². The number of aryl methyl sites for hydroxylation is 1. The van der Waals surface area contributed by atoms with Gasteiger partial charge in [0.1, 0.15) is 6.33 Å². The lowest BCUT2D eigenvalue weighted by molar-refractivity contribution is -0.128. The fourth-order valence-electron chi connectivity index (χ4n) is 2.93. The van der Waals surface area contributed by atoms with E-state index in [9.17, 15) is 4.79 Å². The maximum absolute atomic E-state index is 12.7. The molecule has 0 aliphatic rings. The van der Waals surface area contributed by atoms with E-state index >= 15 is 0 Å². The van der Waals surface area contributed by atoms with Gasteiger partial charge >= 0.3 is 0 Å². The van der Waals surface area contributed by atoms with Crippen LogP contribution >= 0.6 is 11.8 Å². The lowest BCUT2D eigenvalue weighted by Gasteiger charge is -2.25. The lowest BCUT2D eigenvalue weighted by atomic mass is 10.1. The highest BCUT2D eigenvalue weighted by molar-refractivity contribution is 7.99. The number of nitrogens with zero attached hydrogens (tertiary/aromatic N) is 4. The largest absolute Gasteiger partial charge is 0.338 e. The summed E-state index contributed by atoms with van der Waals surface area (Å²) in [6.07, 6.45) is 2.63. The van der Waals surface area contributed by atoms with E-state index in [-0.39, 0.29) is 11.9 Å². The number of rotatable bonds is 7. The molecule has 5 nitrogen and oxygen atoms in total. The van der Waals surface area contributed by atoms with Crippen LogP contribution in [0.5, 0.6) is 0 Å². The quantitative estimate of drug-likeness (QED) is 0.578. The van der Waals surface area contributed by atoms with Crippen molar-refractivity contribution in [2.45, 2.75) is 31.5 Å². The monoisotopic (exact) mass is 380 g/mol. The number of benzene rings is 2. The Kier molecular flexibility index (Phi) is 6.29. The first-order chi connectivity index (χ1) is 13.1. The summed E-state index contributed by atoms with van der Waals surface area (Å²) in [4.78, 5) is 14.5. The summed E-state index contributed by atoms with van der Waals surface area (Å²) >= 11 is 1.41. The second-order valence-corrected chi connectivity index (χ2v) is 7.29. The Labute approximate surface area is 164 Å². The van der Waals surface area contributed by atoms with Crippen molar-refractivity contribution in [1.82, 2.24) is 19.7 Å². The van der Waals surface area contributed by atoms with E-state index in [4.69, 9.17) is 0 Å². The average molecular weight is 381 g/mol. The Hall–Kier alpha value is -2.60. The van der Waals surface area contributed by atoms with Crippen LogP contribution in [0.25, 0.3) is 5.69 Å². The molecule has 1 unspecified atom stereocenters. The lowest BCUT2D eigenvalue weighted by Crippen LogP contribution is -2.31. The predicted octanol–water partition coefficient (Wildman–Crippen LogP) is 4.14. The van der Waals surface area contributed by atoms with Gasteiger partial charge in [0.15, 0.2) is 5.16 Å². The molecular formula is C21H24N4OS. The first kappa shape index (κ1) is 19.2. The van der Waals surface area contributed by atoms with Crippen LogP contribution in [-0.2, 0) is 11.2 Å². The second kappa shape index (κ2) is 8.86.